The van der Waals surface area contributed by atoms with Crippen molar-refractivity contribution in [3.05, 3.63) is 59.8 Å². The fourth-order valence-electron chi connectivity index (χ4n) is 5.34. The molecule has 0 aliphatic carbocycles. The van der Waals surface area contributed by atoms with Crippen LogP contribution in [0.1, 0.15) is 18.2 Å². The molecule has 3 heterocycles. The van der Waals surface area contributed by atoms with Gasteiger partial charge in [0.25, 0.3) is 10.0 Å². The molecule has 1 unspecified atom stereocenters. The molecule has 1 aliphatic rings. The molecular weight excluding hydrogens is 608 g/mol. The third kappa shape index (κ3) is 6.97. The van der Waals surface area contributed by atoms with Crippen molar-refractivity contribution in [2.45, 2.75) is 30.6 Å². The average Bonchev–Trinajstić information content (AvgIpc) is 3.34. The largest absolute Gasteiger partial charge is 0.465 e. The molecule has 2 aromatic heterocycles. The molecule has 1 saturated heterocycles. The smallest absolute Gasteiger partial charge is 0.410 e. The van der Waals surface area contributed by atoms with Gasteiger partial charge in [-0.05, 0) is 51.7 Å². The second-order valence-electron chi connectivity index (χ2n) is 11.0. The van der Waals surface area contributed by atoms with Gasteiger partial charge in [0.05, 0.1) is 11.2 Å². The number of para-hydroxylation sites is 1. The molecule has 12 nitrogen and oxygen atoms in total. The number of aromatic nitrogens is 3. The fraction of sp³-hybridized carbons (Fsp3) is 0.379. The summed E-state index contributed by atoms with van der Waals surface area (Å²) in [6.45, 7) is 6.45. The summed E-state index contributed by atoms with van der Waals surface area (Å²) < 4.78 is 42.5. The molecule has 0 bridgehead atoms. The number of piperazine rings is 1. The Labute approximate surface area is 259 Å². The summed E-state index contributed by atoms with van der Waals surface area (Å²) in [5.41, 5.74) is 3.41. The number of thiazole rings is 1. The van der Waals surface area contributed by atoms with E-state index in [2.05, 4.69) is 30.5 Å². The maximum Gasteiger partial charge on any atom is 0.410 e. The van der Waals surface area contributed by atoms with E-state index >= 15 is 0 Å². The number of aryl methyl sites for hydroxylation is 1. The summed E-state index contributed by atoms with van der Waals surface area (Å²) in [5.74, 6) is 0.445. The van der Waals surface area contributed by atoms with E-state index in [-0.39, 0.29) is 26.9 Å². The highest BCUT2D eigenvalue weighted by Crippen LogP contribution is 2.32. The number of sulfonamides is 1. The molecule has 1 amide bonds. The van der Waals surface area contributed by atoms with Crippen molar-refractivity contribution >= 4 is 49.3 Å². The van der Waals surface area contributed by atoms with Crippen LogP contribution in [0.15, 0.2) is 46.9 Å². The van der Waals surface area contributed by atoms with Gasteiger partial charge < -0.3 is 15.3 Å². The molecule has 1 aliphatic heterocycles. The van der Waals surface area contributed by atoms with Gasteiger partial charge >= 0.3 is 6.09 Å². The van der Waals surface area contributed by atoms with Crippen LogP contribution in [0.5, 0.6) is 0 Å². The third-order valence-corrected chi connectivity index (χ3v) is 10.9. The van der Waals surface area contributed by atoms with Gasteiger partial charge in [-0.25, -0.2) is 32.6 Å². The Balaban J connectivity index is 1.25. The number of fused-ring (bicyclic) bond motifs is 1. The molecule has 0 radical (unpaired) electrons. The van der Waals surface area contributed by atoms with Crippen molar-refractivity contribution in [2.24, 2.45) is 0 Å². The molecule has 15 heteroatoms. The van der Waals surface area contributed by atoms with Crippen molar-refractivity contribution in [1.82, 2.24) is 29.1 Å². The van der Waals surface area contributed by atoms with Crippen LogP contribution in [0.25, 0.3) is 22.0 Å². The number of nitrogens with zero attached hydrogens (tertiary/aromatic N) is 6. The van der Waals surface area contributed by atoms with Gasteiger partial charge in [0.15, 0.2) is 9.34 Å². The van der Waals surface area contributed by atoms with Gasteiger partial charge in [-0.15, -0.1) is 0 Å². The lowest BCUT2D eigenvalue weighted by atomic mass is 9.99. The van der Waals surface area contributed by atoms with E-state index in [1.807, 2.05) is 50.2 Å². The van der Waals surface area contributed by atoms with Crippen LogP contribution in [0.2, 0.25) is 0 Å². The molecule has 1 atom stereocenters. The van der Waals surface area contributed by atoms with Gasteiger partial charge in [0, 0.05) is 61.8 Å². The second-order valence-corrected chi connectivity index (χ2v) is 14.2. The number of anilines is 2. The van der Waals surface area contributed by atoms with Crippen LogP contribution in [-0.4, -0.2) is 102 Å². The maximum absolute atomic E-state index is 14.5. The standard InChI is InChI=1S/C29H35FN8O4S2/c1-18(15-37-10-12-38(13-11-37)44(41,42)27-19(2)34-28(43-27)35-29(39)40)33-26-23-7-5-6-22(25(23)31-17-32-26)20-8-9-24(30)21(14-20)16-36(3)4/h5-9,14,17-18H,10-13,15-16H2,1-4H3,(H,34,35)(H,39,40)(H,31,32,33). The Morgan fingerprint density at radius 3 is 2.61 bits per heavy atom. The topological polar surface area (TPSA) is 144 Å². The first kappa shape index (κ1) is 31.7. The highest BCUT2D eigenvalue weighted by Gasteiger charge is 2.32. The minimum absolute atomic E-state index is 0.00850. The SMILES string of the molecule is Cc1nc(NC(=O)O)sc1S(=O)(=O)N1CCN(CC(C)Nc2ncnc3c(-c4ccc(F)c(CN(C)C)c4)cccc23)CC1. The number of halogens is 1. The van der Waals surface area contributed by atoms with Crippen molar-refractivity contribution in [3.63, 3.8) is 0 Å². The minimum atomic E-state index is -3.80. The van der Waals surface area contributed by atoms with Gasteiger partial charge in [0.1, 0.15) is 18.0 Å². The van der Waals surface area contributed by atoms with Crippen LogP contribution in [0.3, 0.4) is 0 Å². The quantitative estimate of drug-likeness (QED) is 0.231. The molecule has 234 valence electrons. The van der Waals surface area contributed by atoms with Gasteiger partial charge in [-0.1, -0.05) is 29.5 Å². The van der Waals surface area contributed by atoms with E-state index in [0.29, 0.717) is 50.6 Å². The number of rotatable bonds is 10. The molecule has 2 aromatic carbocycles. The van der Waals surface area contributed by atoms with Crippen molar-refractivity contribution in [3.8, 4) is 11.1 Å². The molecule has 0 saturated carbocycles. The third-order valence-electron chi connectivity index (χ3n) is 7.30. The Morgan fingerprint density at radius 1 is 1.16 bits per heavy atom. The Hall–Kier alpha value is -3.76. The van der Waals surface area contributed by atoms with Crippen LogP contribution in [0, 0.1) is 12.7 Å². The van der Waals surface area contributed by atoms with Crippen LogP contribution in [-0.2, 0) is 16.6 Å². The lowest BCUT2D eigenvalue weighted by Crippen LogP contribution is -2.50. The number of carboxylic acid groups (broad SMARTS) is 1. The number of benzene rings is 2. The number of amides is 1. The molecule has 1 fully saturated rings. The molecule has 0 spiro atoms. The lowest BCUT2D eigenvalue weighted by Gasteiger charge is -2.35. The van der Waals surface area contributed by atoms with Crippen molar-refractivity contribution in [2.75, 3.05) is 57.5 Å². The summed E-state index contributed by atoms with van der Waals surface area (Å²) in [4.78, 5) is 28.2. The van der Waals surface area contributed by atoms with E-state index in [9.17, 15) is 17.6 Å². The number of hydrogen-bond acceptors (Lipinski definition) is 10. The first-order chi connectivity index (χ1) is 20.9. The predicted molar refractivity (Wildman–Crippen MR) is 169 cm³/mol. The second kappa shape index (κ2) is 13.1. The monoisotopic (exact) mass is 642 g/mol. The van der Waals surface area contributed by atoms with Gasteiger partial charge in [-0.3, -0.25) is 10.2 Å². The first-order valence-corrected chi connectivity index (χ1v) is 16.3. The Bertz CT molecular complexity index is 1770. The van der Waals surface area contributed by atoms with E-state index in [4.69, 9.17) is 5.11 Å². The number of hydrogen-bond donors (Lipinski definition) is 3. The zero-order chi connectivity index (χ0) is 31.6. The highest BCUT2D eigenvalue weighted by atomic mass is 32.2. The Morgan fingerprint density at radius 2 is 1.91 bits per heavy atom. The van der Waals surface area contributed by atoms with E-state index < -0.39 is 16.1 Å². The molecule has 44 heavy (non-hydrogen) atoms. The molecule has 5 rings (SSSR count). The highest BCUT2D eigenvalue weighted by molar-refractivity contribution is 7.91. The Kier molecular flexibility index (Phi) is 9.41. The predicted octanol–water partition coefficient (Wildman–Crippen LogP) is 4.16. The van der Waals surface area contributed by atoms with E-state index in [1.165, 1.54) is 16.7 Å². The van der Waals surface area contributed by atoms with Gasteiger partial charge in [-0.2, -0.15) is 4.31 Å². The first-order valence-electron chi connectivity index (χ1n) is 14.1. The summed E-state index contributed by atoms with van der Waals surface area (Å²) in [5, 5.41) is 15.4. The summed E-state index contributed by atoms with van der Waals surface area (Å²) in [7, 11) is 0.00977. The van der Waals surface area contributed by atoms with Crippen LogP contribution >= 0.6 is 11.3 Å². The normalized spacial score (nSPS) is 15.5. The summed E-state index contributed by atoms with van der Waals surface area (Å²) in [6.07, 6.45) is 0.227. The summed E-state index contributed by atoms with van der Waals surface area (Å²) >= 11 is 0.818. The maximum atomic E-state index is 14.5. The van der Waals surface area contributed by atoms with Crippen LogP contribution < -0.4 is 10.6 Å². The zero-order valence-electron chi connectivity index (χ0n) is 24.9. The molecule has 3 N–H and O–H groups in total. The zero-order valence-corrected chi connectivity index (χ0v) is 26.5. The number of carbonyl (C=O) groups is 1. The minimum Gasteiger partial charge on any atom is -0.465 e. The lowest BCUT2D eigenvalue weighted by molar-refractivity contribution is 0.184. The average molecular weight is 643 g/mol. The van der Waals surface area contributed by atoms with E-state index in [1.54, 1.807) is 13.0 Å². The van der Waals surface area contributed by atoms with Crippen LogP contribution in [0.4, 0.5) is 20.1 Å². The van der Waals surface area contributed by atoms with E-state index in [0.717, 1.165) is 33.4 Å². The fourth-order valence-corrected chi connectivity index (χ4v) is 8.30. The molecular formula is C29H35FN8O4S2. The molecule has 4 aromatic rings. The number of nitrogens with one attached hydrogen (secondary N) is 2. The summed E-state index contributed by atoms with van der Waals surface area (Å²) in [6, 6.07) is 11.0. The van der Waals surface area contributed by atoms with Crippen molar-refractivity contribution in [1.29, 1.82) is 0 Å². The van der Waals surface area contributed by atoms with Gasteiger partial charge in [0.2, 0.25) is 0 Å². The van der Waals surface area contributed by atoms with Crippen molar-refractivity contribution < 1.29 is 22.7 Å².